The minimum Gasteiger partial charge on any atom is -0.481 e. The Morgan fingerprint density at radius 3 is 2.82 bits per heavy atom. The van der Waals surface area contributed by atoms with Gasteiger partial charge in [-0.25, -0.2) is 0 Å². The zero-order valence-corrected chi connectivity index (χ0v) is 9.69. The molecule has 2 rings (SSSR count). The van der Waals surface area contributed by atoms with Crippen LogP contribution in [0.25, 0.3) is 10.9 Å². The van der Waals surface area contributed by atoms with E-state index in [1.54, 1.807) is 12.1 Å². The van der Waals surface area contributed by atoms with Gasteiger partial charge in [0.25, 0.3) is 0 Å². The van der Waals surface area contributed by atoms with E-state index in [1.165, 1.54) is 0 Å². The number of nitriles is 1. The second-order valence-corrected chi connectivity index (χ2v) is 4.05. The van der Waals surface area contributed by atoms with Crippen LogP contribution < -0.4 is 0 Å². The van der Waals surface area contributed by atoms with Crippen LogP contribution in [0.1, 0.15) is 16.8 Å². The van der Waals surface area contributed by atoms with Crippen molar-refractivity contribution in [2.24, 2.45) is 7.05 Å². The molecule has 0 saturated heterocycles. The summed E-state index contributed by atoms with van der Waals surface area (Å²) >= 11 is 0. The first-order valence-corrected chi connectivity index (χ1v) is 5.24. The monoisotopic (exact) mass is 228 g/mol. The lowest BCUT2D eigenvalue weighted by Gasteiger charge is -2.00. The molecule has 86 valence electrons. The zero-order chi connectivity index (χ0) is 12.6. The highest BCUT2D eigenvalue weighted by Gasteiger charge is 2.12. The molecule has 0 aliphatic carbocycles. The number of rotatable bonds is 2. The number of fused-ring (bicyclic) bond motifs is 1. The van der Waals surface area contributed by atoms with Gasteiger partial charge in [-0.05, 0) is 24.6 Å². The summed E-state index contributed by atoms with van der Waals surface area (Å²) in [4.78, 5) is 10.7. The van der Waals surface area contributed by atoms with E-state index >= 15 is 0 Å². The fraction of sp³-hybridized carbons (Fsp3) is 0.231. The molecule has 2 aromatic rings. The van der Waals surface area contributed by atoms with Gasteiger partial charge in [-0.2, -0.15) is 5.26 Å². The molecule has 0 radical (unpaired) electrons. The number of carboxylic acids is 1. The summed E-state index contributed by atoms with van der Waals surface area (Å²) in [5.41, 5.74) is 3.19. The Labute approximate surface area is 98.7 Å². The Hall–Kier alpha value is -2.28. The number of aliphatic carboxylic acids is 1. The third kappa shape index (κ3) is 1.76. The maximum Gasteiger partial charge on any atom is 0.307 e. The minimum atomic E-state index is -0.865. The molecule has 0 saturated carbocycles. The molecule has 0 aliphatic rings. The normalized spacial score (nSPS) is 10.4. The maximum atomic E-state index is 10.7. The van der Waals surface area contributed by atoms with E-state index in [1.807, 2.05) is 24.6 Å². The third-order valence-electron chi connectivity index (χ3n) is 3.02. The molecule has 0 amide bonds. The Kier molecular flexibility index (Phi) is 2.60. The van der Waals surface area contributed by atoms with Gasteiger partial charge >= 0.3 is 5.97 Å². The van der Waals surface area contributed by atoms with Crippen LogP contribution in [-0.2, 0) is 18.3 Å². The minimum absolute atomic E-state index is 0.0191. The molecular formula is C13H12N2O2. The quantitative estimate of drug-likeness (QED) is 0.854. The smallest absolute Gasteiger partial charge is 0.307 e. The van der Waals surface area contributed by atoms with Crippen molar-refractivity contribution in [2.45, 2.75) is 13.3 Å². The molecule has 0 fully saturated rings. The van der Waals surface area contributed by atoms with Crippen LogP contribution in [0.5, 0.6) is 0 Å². The molecule has 1 aromatic heterocycles. The molecule has 1 N–H and O–H groups in total. The van der Waals surface area contributed by atoms with Crippen LogP contribution in [0.2, 0.25) is 0 Å². The summed E-state index contributed by atoms with van der Waals surface area (Å²) in [6.07, 6.45) is -0.0191. The molecule has 0 unspecified atom stereocenters. The van der Waals surface area contributed by atoms with Gasteiger partial charge in [-0.15, -0.1) is 0 Å². The Balaban J connectivity index is 2.69. The third-order valence-corrected chi connectivity index (χ3v) is 3.02. The first-order valence-electron chi connectivity index (χ1n) is 5.24. The van der Waals surface area contributed by atoms with Gasteiger partial charge in [0.1, 0.15) is 6.07 Å². The molecule has 1 aromatic carbocycles. The first-order chi connectivity index (χ1) is 8.04. The average molecular weight is 228 g/mol. The van der Waals surface area contributed by atoms with Gasteiger partial charge in [0.05, 0.1) is 12.0 Å². The van der Waals surface area contributed by atoms with Crippen molar-refractivity contribution in [3.05, 3.63) is 35.0 Å². The van der Waals surface area contributed by atoms with Crippen LogP contribution in [0, 0.1) is 18.3 Å². The molecule has 1 heterocycles. The van der Waals surface area contributed by atoms with E-state index < -0.39 is 5.97 Å². The lowest BCUT2D eigenvalue weighted by atomic mass is 10.1. The summed E-state index contributed by atoms with van der Waals surface area (Å²) < 4.78 is 1.94. The molecule has 4 nitrogen and oxygen atoms in total. The average Bonchev–Trinajstić information content (AvgIpc) is 2.50. The highest BCUT2D eigenvalue weighted by molar-refractivity contribution is 5.89. The number of nitrogens with zero attached hydrogens (tertiary/aromatic N) is 2. The molecular weight excluding hydrogens is 216 g/mol. The van der Waals surface area contributed by atoms with Crippen molar-refractivity contribution in [3.63, 3.8) is 0 Å². The van der Waals surface area contributed by atoms with Gasteiger partial charge in [-0.3, -0.25) is 4.79 Å². The van der Waals surface area contributed by atoms with Crippen molar-refractivity contribution in [1.82, 2.24) is 4.57 Å². The predicted octanol–water partition coefficient (Wildman–Crippen LogP) is 1.99. The highest BCUT2D eigenvalue weighted by Crippen LogP contribution is 2.25. The molecule has 0 bridgehead atoms. The molecule has 0 spiro atoms. The standard InChI is InChI=1S/C13H12N2O2/c1-8-11(7-14)10-5-9(6-13(16)17)3-4-12(10)15(8)2/h3-5H,6H2,1-2H3,(H,16,17). The Bertz CT molecular complexity index is 647. The maximum absolute atomic E-state index is 10.7. The van der Waals surface area contributed by atoms with E-state index in [2.05, 4.69) is 6.07 Å². The molecule has 0 aliphatic heterocycles. The van der Waals surface area contributed by atoms with E-state index in [-0.39, 0.29) is 6.42 Å². The second kappa shape index (κ2) is 3.95. The van der Waals surface area contributed by atoms with Crippen LogP contribution in [0.4, 0.5) is 0 Å². The van der Waals surface area contributed by atoms with Gasteiger partial charge in [0.2, 0.25) is 0 Å². The van der Waals surface area contributed by atoms with Crippen molar-refractivity contribution < 1.29 is 9.90 Å². The van der Waals surface area contributed by atoms with Gasteiger partial charge < -0.3 is 9.67 Å². The summed E-state index contributed by atoms with van der Waals surface area (Å²) in [6, 6.07) is 7.61. The number of aromatic nitrogens is 1. The number of hydrogen-bond acceptors (Lipinski definition) is 2. The number of hydrogen-bond donors (Lipinski definition) is 1. The van der Waals surface area contributed by atoms with Crippen LogP contribution in [-0.4, -0.2) is 15.6 Å². The van der Waals surface area contributed by atoms with Crippen LogP contribution in [0.15, 0.2) is 18.2 Å². The number of carbonyl (C=O) groups is 1. The Morgan fingerprint density at radius 1 is 1.53 bits per heavy atom. The summed E-state index contributed by atoms with van der Waals surface area (Å²) in [5, 5.41) is 18.7. The number of aryl methyl sites for hydroxylation is 1. The Morgan fingerprint density at radius 2 is 2.24 bits per heavy atom. The van der Waals surface area contributed by atoms with Crippen molar-refractivity contribution >= 4 is 16.9 Å². The topological polar surface area (TPSA) is 66.0 Å². The SMILES string of the molecule is Cc1c(C#N)c2cc(CC(=O)O)ccc2n1C. The van der Waals surface area contributed by atoms with Crippen LogP contribution >= 0.6 is 0 Å². The van der Waals surface area contributed by atoms with Gasteiger partial charge in [-0.1, -0.05) is 6.07 Å². The lowest BCUT2D eigenvalue weighted by Crippen LogP contribution is -1.99. The predicted molar refractivity (Wildman–Crippen MR) is 63.7 cm³/mol. The summed E-state index contributed by atoms with van der Waals surface area (Å²) in [5.74, 6) is -0.865. The van der Waals surface area contributed by atoms with Gasteiger partial charge in [0, 0.05) is 23.6 Å². The van der Waals surface area contributed by atoms with E-state index in [9.17, 15) is 4.79 Å². The van der Waals surface area contributed by atoms with Crippen molar-refractivity contribution in [1.29, 1.82) is 5.26 Å². The lowest BCUT2D eigenvalue weighted by molar-refractivity contribution is -0.136. The highest BCUT2D eigenvalue weighted by atomic mass is 16.4. The molecule has 4 heteroatoms. The molecule has 0 atom stereocenters. The second-order valence-electron chi connectivity index (χ2n) is 4.05. The summed E-state index contributed by atoms with van der Waals surface area (Å²) in [6.45, 7) is 1.88. The van der Waals surface area contributed by atoms with E-state index in [0.717, 1.165) is 16.6 Å². The first kappa shape index (κ1) is 11.2. The fourth-order valence-corrected chi connectivity index (χ4v) is 2.04. The van der Waals surface area contributed by atoms with E-state index in [4.69, 9.17) is 10.4 Å². The van der Waals surface area contributed by atoms with Gasteiger partial charge in [0.15, 0.2) is 0 Å². The van der Waals surface area contributed by atoms with E-state index in [0.29, 0.717) is 11.1 Å². The fourth-order valence-electron chi connectivity index (χ4n) is 2.04. The van der Waals surface area contributed by atoms with Crippen molar-refractivity contribution in [3.8, 4) is 6.07 Å². The number of carboxylic acid groups (broad SMARTS) is 1. The number of benzene rings is 1. The van der Waals surface area contributed by atoms with Crippen molar-refractivity contribution in [2.75, 3.05) is 0 Å². The largest absolute Gasteiger partial charge is 0.481 e. The van der Waals surface area contributed by atoms with Crippen LogP contribution in [0.3, 0.4) is 0 Å². The zero-order valence-electron chi connectivity index (χ0n) is 9.69. The summed E-state index contributed by atoms with van der Waals surface area (Å²) in [7, 11) is 1.90. The molecule has 17 heavy (non-hydrogen) atoms.